The highest BCUT2D eigenvalue weighted by Crippen LogP contribution is 2.31. The fourth-order valence-electron chi connectivity index (χ4n) is 2.42. The molecule has 126 valence electrons. The fraction of sp³-hybridized carbons (Fsp3) is 0.500. The summed E-state index contributed by atoms with van der Waals surface area (Å²) in [6.45, 7) is 7.54. The van der Waals surface area contributed by atoms with Gasteiger partial charge in [0.2, 0.25) is 5.91 Å². The zero-order chi connectivity index (χ0) is 17.4. The third-order valence-electron chi connectivity index (χ3n) is 3.31. The van der Waals surface area contributed by atoms with E-state index in [1.807, 2.05) is 6.92 Å². The first-order valence-corrected chi connectivity index (χ1v) is 8.09. The van der Waals surface area contributed by atoms with E-state index in [9.17, 15) is 9.59 Å². The molecular weight excluding hydrogens is 339 g/mol. The Labute approximate surface area is 145 Å². The zero-order valence-electron chi connectivity index (χ0n) is 13.5. The summed E-state index contributed by atoms with van der Waals surface area (Å²) in [6.07, 6.45) is -0.532. The number of amides is 2. The minimum absolute atomic E-state index is 0.158. The SMILES string of the molecule is C[C@@H]1CN(C(=O)OC(C)(C)C)[C@H](c2ccc(Cl)c(Cl)c2)C(=O)N1. The lowest BCUT2D eigenvalue weighted by Gasteiger charge is -2.39. The number of halogens is 2. The third kappa shape index (κ3) is 4.30. The monoisotopic (exact) mass is 358 g/mol. The third-order valence-corrected chi connectivity index (χ3v) is 4.05. The number of ether oxygens (including phenoxy) is 1. The van der Waals surface area contributed by atoms with Crippen molar-refractivity contribution >= 4 is 35.2 Å². The summed E-state index contributed by atoms with van der Waals surface area (Å²) in [6, 6.07) is 3.94. The smallest absolute Gasteiger partial charge is 0.411 e. The van der Waals surface area contributed by atoms with E-state index in [1.54, 1.807) is 39.0 Å². The van der Waals surface area contributed by atoms with Gasteiger partial charge in [0.15, 0.2) is 0 Å². The Morgan fingerprint density at radius 3 is 2.52 bits per heavy atom. The Kier molecular flexibility index (Phi) is 5.11. The molecule has 1 aliphatic rings. The van der Waals surface area contributed by atoms with Crippen LogP contribution < -0.4 is 5.32 Å². The van der Waals surface area contributed by atoms with Crippen LogP contribution in [0.1, 0.15) is 39.3 Å². The van der Waals surface area contributed by atoms with Crippen LogP contribution in [0.3, 0.4) is 0 Å². The molecule has 1 saturated heterocycles. The highest BCUT2D eigenvalue weighted by Gasteiger charge is 2.39. The molecule has 0 radical (unpaired) electrons. The molecule has 1 N–H and O–H groups in total. The van der Waals surface area contributed by atoms with E-state index >= 15 is 0 Å². The van der Waals surface area contributed by atoms with Gasteiger partial charge in [-0.05, 0) is 45.4 Å². The molecule has 5 nitrogen and oxygen atoms in total. The molecule has 2 amide bonds. The summed E-state index contributed by atoms with van der Waals surface area (Å²) in [5, 5.41) is 3.57. The minimum atomic E-state index is -0.796. The lowest BCUT2D eigenvalue weighted by atomic mass is 10.0. The Hall–Kier alpha value is -1.46. The van der Waals surface area contributed by atoms with Gasteiger partial charge in [-0.1, -0.05) is 29.3 Å². The van der Waals surface area contributed by atoms with Crippen LogP contribution in [0.15, 0.2) is 18.2 Å². The van der Waals surface area contributed by atoms with E-state index in [2.05, 4.69) is 5.32 Å². The Bertz CT molecular complexity index is 628. The second-order valence-electron chi connectivity index (χ2n) is 6.62. The molecular formula is C16H20Cl2N2O3. The zero-order valence-corrected chi connectivity index (χ0v) is 15.0. The van der Waals surface area contributed by atoms with Crippen molar-refractivity contribution in [3.63, 3.8) is 0 Å². The van der Waals surface area contributed by atoms with Crippen molar-refractivity contribution in [2.45, 2.75) is 45.4 Å². The standard InChI is InChI=1S/C16H20Cl2N2O3/c1-9-8-20(15(22)23-16(2,3)4)13(14(21)19-9)10-5-6-11(17)12(18)7-10/h5-7,9,13H,8H2,1-4H3,(H,19,21)/t9-,13-/m1/s1. The van der Waals surface area contributed by atoms with Crippen LogP contribution in [0.25, 0.3) is 0 Å². The molecule has 2 atom stereocenters. The predicted octanol–water partition coefficient (Wildman–Crippen LogP) is 3.79. The van der Waals surface area contributed by atoms with Crippen LogP contribution >= 0.6 is 23.2 Å². The summed E-state index contributed by atoms with van der Waals surface area (Å²) < 4.78 is 5.43. The first kappa shape index (κ1) is 17.9. The molecule has 7 heteroatoms. The average Bonchev–Trinajstić information content (AvgIpc) is 2.39. The van der Waals surface area contributed by atoms with Gasteiger partial charge in [-0.25, -0.2) is 4.79 Å². The van der Waals surface area contributed by atoms with Gasteiger partial charge in [0.05, 0.1) is 10.0 Å². The average molecular weight is 359 g/mol. The number of nitrogens with one attached hydrogen (secondary N) is 1. The lowest BCUT2D eigenvalue weighted by Crippen LogP contribution is -2.57. The van der Waals surface area contributed by atoms with Gasteiger partial charge >= 0.3 is 6.09 Å². The van der Waals surface area contributed by atoms with Crippen molar-refractivity contribution < 1.29 is 14.3 Å². The highest BCUT2D eigenvalue weighted by atomic mass is 35.5. The Morgan fingerprint density at radius 2 is 1.96 bits per heavy atom. The Morgan fingerprint density at radius 1 is 1.30 bits per heavy atom. The summed E-state index contributed by atoms with van der Waals surface area (Å²) >= 11 is 12.0. The molecule has 23 heavy (non-hydrogen) atoms. The highest BCUT2D eigenvalue weighted by molar-refractivity contribution is 6.42. The van der Waals surface area contributed by atoms with Crippen molar-refractivity contribution in [2.24, 2.45) is 0 Å². The molecule has 0 aromatic heterocycles. The topological polar surface area (TPSA) is 58.6 Å². The maximum atomic E-state index is 12.5. The number of carbonyl (C=O) groups is 2. The lowest BCUT2D eigenvalue weighted by molar-refractivity contribution is -0.130. The molecule has 0 bridgehead atoms. The van der Waals surface area contributed by atoms with Crippen molar-refractivity contribution in [3.8, 4) is 0 Å². The van der Waals surface area contributed by atoms with Crippen LogP contribution in [0.5, 0.6) is 0 Å². The maximum absolute atomic E-state index is 12.5. The minimum Gasteiger partial charge on any atom is -0.444 e. The second-order valence-corrected chi connectivity index (χ2v) is 7.43. The van der Waals surface area contributed by atoms with Crippen LogP contribution in [0.2, 0.25) is 10.0 Å². The normalized spacial score (nSPS) is 21.8. The molecule has 1 aromatic carbocycles. The first-order chi connectivity index (χ1) is 10.6. The van der Waals surface area contributed by atoms with Gasteiger partial charge in [0, 0.05) is 12.6 Å². The predicted molar refractivity (Wildman–Crippen MR) is 89.7 cm³/mol. The summed E-state index contributed by atoms with van der Waals surface area (Å²) in [5.74, 6) is -0.270. The molecule has 1 fully saturated rings. The van der Waals surface area contributed by atoms with Crippen LogP contribution in [-0.4, -0.2) is 35.1 Å². The Balaban J connectivity index is 2.37. The van der Waals surface area contributed by atoms with E-state index in [4.69, 9.17) is 27.9 Å². The van der Waals surface area contributed by atoms with E-state index in [0.717, 1.165) is 0 Å². The van der Waals surface area contributed by atoms with Crippen molar-refractivity contribution in [1.82, 2.24) is 10.2 Å². The van der Waals surface area contributed by atoms with Crippen molar-refractivity contribution in [1.29, 1.82) is 0 Å². The van der Waals surface area contributed by atoms with E-state index < -0.39 is 17.7 Å². The van der Waals surface area contributed by atoms with Gasteiger partial charge in [0.25, 0.3) is 0 Å². The summed E-state index contributed by atoms with van der Waals surface area (Å²) in [4.78, 5) is 26.4. The van der Waals surface area contributed by atoms with Gasteiger partial charge in [-0.2, -0.15) is 0 Å². The quantitative estimate of drug-likeness (QED) is 0.830. The molecule has 1 aliphatic heterocycles. The molecule has 0 spiro atoms. The first-order valence-electron chi connectivity index (χ1n) is 7.33. The molecule has 0 saturated carbocycles. The molecule has 0 unspecified atom stereocenters. The van der Waals surface area contributed by atoms with E-state index in [-0.39, 0.29) is 11.9 Å². The van der Waals surface area contributed by atoms with Crippen molar-refractivity contribution in [2.75, 3.05) is 6.54 Å². The van der Waals surface area contributed by atoms with Gasteiger partial charge in [-0.3, -0.25) is 9.69 Å². The molecule has 0 aliphatic carbocycles. The number of carbonyl (C=O) groups excluding carboxylic acids is 2. The van der Waals surface area contributed by atoms with Crippen LogP contribution in [-0.2, 0) is 9.53 Å². The number of rotatable bonds is 1. The number of hydrogen-bond acceptors (Lipinski definition) is 3. The molecule has 1 aromatic rings. The second kappa shape index (κ2) is 6.57. The fourth-order valence-corrected chi connectivity index (χ4v) is 2.73. The van der Waals surface area contributed by atoms with Gasteiger partial charge < -0.3 is 10.1 Å². The summed E-state index contributed by atoms with van der Waals surface area (Å²) in [7, 11) is 0. The van der Waals surface area contributed by atoms with Gasteiger partial charge in [-0.15, -0.1) is 0 Å². The molecule has 2 rings (SSSR count). The summed E-state index contributed by atoms with van der Waals surface area (Å²) in [5.41, 5.74) is -0.0501. The largest absolute Gasteiger partial charge is 0.444 e. The molecule has 1 heterocycles. The van der Waals surface area contributed by atoms with E-state index in [0.29, 0.717) is 22.2 Å². The number of nitrogens with zero attached hydrogens (tertiary/aromatic N) is 1. The number of hydrogen-bond donors (Lipinski definition) is 1. The van der Waals surface area contributed by atoms with Crippen LogP contribution in [0.4, 0.5) is 4.79 Å². The van der Waals surface area contributed by atoms with E-state index in [1.165, 1.54) is 4.90 Å². The van der Waals surface area contributed by atoms with Crippen molar-refractivity contribution in [3.05, 3.63) is 33.8 Å². The maximum Gasteiger partial charge on any atom is 0.411 e. The van der Waals surface area contributed by atoms with Gasteiger partial charge in [0.1, 0.15) is 11.6 Å². The van der Waals surface area contributed by atoms with Crippen LogP contribution in [0, 0.1) is 0 Å². The number of piperazine rings is 1. The number of benzene rings is 1.